The molecule has 1 aliphatic heterocycles. The van der Waals surface area contributed by atoms with Crippen molar-refractivity contribution < 1.29 is 23.9 Å². The Kier molecular flexibility index (Phi) is 3.00. The van der Waals surface area contributed by atoms with Crippen LogP contribution in [0.5, 0.6) is 0 Å². The zero-order valence-electron chi connectivity index (χ0n) is 7.24. The maximum atomic E-state index is 10.9. The number of carbonyl (C=O) groups excluding carboxylic acids is 3. The second kappa shape index (κ2) is 4.02. The summed E-state index contributed by atoms with van der Waals surface area (Å²) in [7, 11) is 0. The Morgan fingerprint density at radius 3 is 2.85 bits per heavy atom. The minimum atomic E-state index is -0.898. The van der Waals surface area contributed by atoms with Gasteiger partial charge in [0.2, 0.25) is 0 Å². The smallest absolute Gasteiger partial charge is 0.348 e. The molecule has 1 fully saturated rings. The molecule has 0 spiro atoms. The van der Waals surface area contributed by atoms with E-state index in [4.69, 9.17) is 0 Å². The highest BCUT2D eigenvalue weighted by Gasteiger charge is 2.30. The van der Waals surface area contributed by atoms with Crippen LogP contribution in [0.3, 0.4) is 0 Å². The topological polar surface area (TPSA) is 69.7 Å². The van der Waals surface area contributed by atoms with E-state index < -0.39 is 18.0 Å². The van der Waals surface area contributed by atoms with Crippen LogP contribution in [-0.4, -0.2) is 30.4 Å². The summed E-state index contributed by atoms with van der Waals surface area (Å²) in [6.45, 7) is 1.09. The first kappa shape index (κ1) is 9.70. The lowest BCUT2D eigenvalue weighted by Gasteiger charge is -2.20. The molecule has 0 saturated carbocycles. The molecule has 0 amide bonds. The van der Waals surface area contributed by atoms with Crippen LogP contribution in [0.1, 0.15) is 19.8 Å². The van der Waals surface area contributed by atoms with E-state index in [9.17, 15) is 14.4 Å². The molecular weight excluding hydrogens is 176 g/mol. The molecule has 0 bridgehead atoms. The van der Waals surface area contributed by atoms with Crippen molar-refractivity contribution in [3.8, 4) is 0 Å². The minimum Gasteiger partial charge on any atom is -0.451 e. The van der Waals surface area contributed by atoms with Crippen molar-refractivity contribution in [2.75, 3.05) is 6.61 Å². The number of hydrogen-bond donors (Lipinski definition) is 0. The number of ketones is 1. The van der Waals surface area contributed by atoms with Crippen LogP contribution < -0.4 is 0 Å². The molecule has 1 heterocycles. The average molecular weight is 186 g/mol. The summed E-state index contributed by atoms with van der Waals surface area (Å²) >= 11 is 0. The Labute approximate surface area is 75.0 Å². The van der Waals surface area contributed by atoms with E-state index in [1.165, 1.54) is 6.92 Å². The van der Waals surface area contributed by atoms with E-state index in [-0.39, 0.29) is 25.2 Å². The number of rotatable bonds is 3. The van der Waals surface area contributed by atoms with Crippen LogP contribution in [0.2, 0.25) is 0 Å². The Morgan fingerprint density at radius 2 is 2.23 bits per heavy atom. The first-order valence-electron chi connectivity index (χ1n) is 3.95. The van der Waals surface area contributed by atoms with Gasteiger partial charge in [0.1, 0.15) is 5.78 Å². The lowest BCUT2D eigenvalue weighted by molar-refractivity contribution is -0.185. The van der Waals surface area contributed by atoms with E-state index in [0.29, 0.717) is 0 Å². The van der Waals surface area contributed by atoms with Crippen LogP contribution in [0, 0.1) is 0 Å². The summed E-state index contributed by atoms with van der Waals surface area (Å²) in [5.41, 5.74) is 0. The Morgan fingerprint density at radius 1 is 1.54 bits per heavy atom. The Hall–Kier alpha value is -1.39. The lowest BCUT2D eigenvalue weighted by atomic mass is 10.1. The largest absolute Gasteiger partial charge is 0.451 e. The van der Waals surface area contributed by atoms with Gasteiger partial charge in [-0.05, 0) is 6.92 Å². The van der Waals surface area contributed by atoms with Gasteiger partial charge in [0.25, 0.3) is 0 Å². The molecule has 0 aromatic heterocycles. The van der Waals surface area contributed by atoms with E-state index in [1.807, 2.05) is 0 Å². The molecule has 13 heavy (non-hydrogen) atoms. The molecule has 0 aromatic rings. The van der Waals surface area contributed by atoms with Crippen LogP contribution >= 0.6 is 0 Å². The summed E-state index contributed by atoms with van der Waals surface area (Å²) in [6, 6.07) is 0. The molecule has 0 N–H and O–H groups in total. The standard InChI is InChI=1S/C8H10O5/c1-5(9)2-3-6-8(11)12-4-7(10)13-6/h6H,2-4H2,1H3. The number of hydrogen-bond acceptors (Lipinski definition) is 5. The monoisotopic (exact) mass is 186 g/mol. The number of cyclic esters (lactones) is 2. The van der Waals surface area contributed by atoms with Gasteiger partial charge in [0.15, 0.2) is 12.7 Å². The van der Waals surface area contributed by atoms with Gasteiger partial charge in [-0.25, -0.2) is 9.59 Å². The highest BCUT2D eigenvalue weighted by molar-refractivity contribution is 5.85. The van der Waals surface area contributed by atoms with Crippen LogP contribution in [0.25, 0.3) is 0 Å². The SMILES string of the molecule is CC(=O)CCC1OC(=O)COC1=O. The molecule has 1 saturated heterocycles. The van der Waals surface area contributed by atoms with Gasteiger partial charge in [0.05, 0.1) is 0 Å². The molecule has 0 aliphatic carbocycles. The molecule has 72 valence electrons. The zero-order valence-corrected chi connectivity index (χ0v) is 7.24. The fourth-order valence-corrected chi connectivity index (χ4v) is 0.975. The van der Waals surface area contributed by atoms with E-state index in [0.717, 1.165) is 0 Å². The fourth-order valence-electron chi connectivity index (χ4n) is 0.975. The first-order valence-corrected chi connectivity index (χ1v) is 3.95. The summed E-state index contributed by atoms with van der Waals surface area (Å²) < 4.78 is 9.19. The van der Waals surface area contributed by atoms with Crippen molar-refractivity contribution in [3.63, 3.8) is 0 Å². The van der Waals surface area contributed by atoms with Crippen molar-refractivity contribution in [2.45, 2.75) is 25.9 Å². The van der Waals surface area contributed by atoms with Gasteiger partial charge in [0, 0.05) is 12.8 Å². The minimum absolute atomic E-state index is 0.0468. The van der Waals surface area contributed by atoms with Crippen LogP contribution in [0.15, 0.2) is 0 Å². The molecule has 5 nitrogen and oxygen atoms in total. The van der Waals surface area contributed by atoms with Crippen LogP contribution in [-0.2, 0) is 23.9 Å². The number of Topliss-reactive ketones (excluding diaryl/α,β-unsaturated/α-hetero) is 1. The van der Waals surface area contributed by atoms with Crippen molar-refractivity contribution >= 4 is 17.7 Å². The zero-order chi connectivity index (χ0) is 9.84. The number of esters is 2. The lowest BCUT2D eigenvalue weighted by Crippen LogP contribution is -2.37. The highest BCUT2D eigenvalue weighted by atomic mass is 16.6. The third kappa shape index (κ3) is 2.85. The molecule has 0 radical (unpaired) electrons. The number of carbonyl (C=O) groups is 3. The third-order valence-electron chi connectivity index (χ3n) is 1.63. The first-order chi connectivity index (χ1) is 6.09. The maximum absolute atomic E-state index is 10.9. The van der Waals surface area contributed by atoms with E-state index >= 15 is 0 Å². The van der Waals surface area contributed by atoms with Crippen LogP contribution in [0.4, 0.5) is 0 Å². The predicted octanol–water partition coefficient (Wildman–Crippen LogP) is -0.176. The second-order valence-electron chi connectivity index (χ2n) is 2.83. The van der Waals surface area contributed by atoms with Gasteiger partial charge in [-0.2, -0.15) is 0 Å². The van der Waals surface area contributed by atoms with Crippen molar-refractivity contribution in [1.82, 2.24) is 0 Å². The molecule has 5 heteroatoms. The summed E-state index contributed by atoms with van der Waals surface area (Å²) in [6.07, 6.45) is -0.474. The quantitative estimate of drug-likeness (QED) is 0.572. The van der Waals surface area contributed by atoms with Crippen molar-refractivity contribution in [1.29, 1.82) is 0 Å². The van der Waals surface area contributed by atoms with Gasteiger partial charge < -0.3 is 14.3 Å². The number of ether oxygens (including phenoxy) is 2. The summed E-state index contributed by atoms with van der Waals surface area (Å²) in [5.74, 6) is -1.18. The predicted molar refractivity (Wildman–Crippen MR) is 40.8 cm³/mol. The molecular formula is C8H10O5. The average Bonchev–Trinajstić information content (AvgIpc) is 2.06. The molecule has 1 atom stereocenters. The molecule has 0 aromatic carbocycles. The highest BCUT2D eigenvalue weighted by Crippen LogP contribution is 2.10. The summed E-state index contributed by atoms with van der Waals surface area (Å²) in [4.78, 5) is 32.2. The van der Waals surface area contributed by atoms with Crippen molar-refractivity contribution in [3.05, 3.63) is 0 Å². The van der Waals surface area contributed by atoms with Crippen molar-refractivity contribution in [2.24, 2.45) is 0 Å². The Bertz CT molecular complexity index is 245. The van der Waals surface area contributed by atoms with E-state index in [2.05, 4.69) is 9.47 Å². The normalized spacial score (nSPS) is 22.1. The van der Waals surface area contributed by atoms with Gasteiger partial charge >= 0.3 is 11.9 Å². The van der Waals surface area contributed by atoms with Gasteiger partial charge in [-0.15, -0.1) is 0 Å². The Balaban J connectivity index is 2.42. The van der Waals surface area contributed by atoms with E-state index in [1.54, 1.807) is 0 Å². The van der Waals surface area contributed by atoms with Gasteiger partial charge in [-0.3, -0.25) is 0 Å². The van der Waals surface area contributed by atoms with Gasteiger partial charge in [-0.1, -0.05) is 0 Å². The fraction of sp³-hybridized carbons (Fsp3) is 0.625. The third-order valence-corrected chi connectivity index (χ3v) is 1.63. The molecule has 1 rings (SSSR count). The molecule has 1 aliphatic rings. The molecule has 1 unspecified atom stereocenters. The maximum Gasteiger partial charge on any atom is 0.348 e. The summed E-state index contributed by atoms with van der Waals surface area (Å²) in [5, 5.41) is 0. The second-order valence-corrected chi connectivity index (χ2v) is 2.83.